The Balaban J connectivity index is 2.65. The molecule has 0 aromatic rings. The highest BCUT2D eigenvalue weighted by Gasteiger charge is 2.33. The van der Waals surface area contributed by atoms with Gasteiger partial charge in [-0.15, -0.1) is 6.42 Å². The number of hydrogen-bond acceptors (Lipinski definition) is 1. The molecule has 1 N–H and O–H groups in total. The standard InChI is InChI=1S/C9H14O/c1-3-9(10)7-5-4-6-8(9)2/h1,8,10H,4-7H2,2H3/t8-,9+/m0/s1. The van der Waals surface area contributed by atoms with E-state index in [1.54, 1.807) is 0 Å². The van der Waals surface area contributed by atoms with Crippen LogP contribution in [0, 0.1) is 18.3 Å². The van der Waals surface area contributed by atoms with Crippen LogP contribution in [0.25, 0.3) is 0 Å². The van der Waals surface area contributed by atoms with Gasteiger partial charge in [0.05, 0.1) is 0 Å². The molecule has 2 atom stereocenters. The summed E-state index contributed by atoms with van der Waals surface area (Å²) < 4.78 is 0. The van der Waals surface area contributed by atoms with Crippen LogP contribution in [0.15, 0.2) is 0 Å². The molecule has 0 heterocycles. The third-order valence-corrected chi connectivity index (χ3v) is 2.51. The van der Waals surface area contributed by atoms with Crippen molar-refractivity contribution in [1.29, 1.82) is 0 Å². The number of rotatable bonds is 0. The second kappa shape index (κ2) is 2.64. The first kappa shape index (κ1) is 7.63. The lowest BCUT2D eigenvalue weighted by Gasteiger charge is -2.33. The summed E-state index contributed by atoms with van der Waals surface area (Å²) in [5.74, 6) is 2.77. The summed E-state index contributed by atoms with van der Waals surface area (Å²) in [7, 11) is 0. The van der Waals surface area contributed by atoms with Gasteiger partial charge in [0.2, 0.25) is 0 Å². The fraction of sp³-hybridized carbons (Fsp3) is 0.778. The van der Waals surface area contributed by atoms with Gasteiger partial charge in [-0.05, 0) is 25.2 Å². The van der Waals surface area contributed by atoms with Gasteiger partial charge in [-0.25, -0.2) is 0 Å². The molecule has 0 amide bonds. The van der Waals surface area contributed by atoms with Crippen LogP contribution in [0.4, 0.5) is 0 Å². The van der Waals surface area contributed by atoms with Crippen molar-refractivity contribution in [1.82, 2.24) is 0 Å². The van der Waals surface area contributed by atoms with Crippen molar-refractivity contribution >= 4 is 0 Å². The molecule has 1 aliphatic carbocycles. The Morgan fingerprint density at radius 1 is 1.60 bits per heavy atom. The fourth-order valence-electron chi connectivity index (χ4n) is 1.54. The summed E-state index contributed by atoms with van der Waals surface area (Å²) in [6.45, 7) is 2.03. The molecular formula is C9H14O. The molecule has 56 valence electrons. The summed E-state index contributed by atoms with van der Waals surface area (Å²) in [6, 6.07) is 0. The maximum absolute atomic E-state index is 9.71. The first-order valence-electron chi connectivity index (χ1n) is 3.89. The third kappa shape index (κ3) is 1.17. The molecule has 1 nitrogen and oxygen atoms in total. The maximum Gasteiger partial charge on any atom is 0.127 e. The average Bonchev–Trinajstić information content (AvgIpc) is 1.96. The molecule has 1 heteroatoms. The maximum atomic E-state index is 9.71. The zero-order valence-electron chi connectivity index (χ0n) is 6.43. The highest BCUT2D eigenvalue weighted by atomic mass is 16.3. The summed E-state index contributed by atoms with van der Waals surface area (Å²) in [5.41, 5.74) is -0.793. The highest BCUT2D eigenvalue weighted by Crippen LogP contribution is 2.32. The normalized spacial score (nSPS) is 40.7. The molecule has 0 aliphatic heterocycles. The number of terminal acetylenes is 1. The van der Waals surface area contributed by atoms with Crippen LogP contribution in [0.3, 0.4) is 0 Å². The lowest BCUT2D eigenvalue weighted by molar-refractivity contribution is 0.0128. The largest absolute Gasteiger partial charge is 0.377 e. The first-order chi connectivity index (χ1) is 4.69. The Hall–Kier alpha value is -0.480. The molecule has 0 spiro atoms. The van der Waals surface area contributed by atoms with E-state index in [0.717, 1.165) is 19.3 Å². The van der Waals surface area contributed by atoms with Gasteiger partial charge in [-0.3, -0.25) is 0 Å². The smallest absolute Gasteiger partial charge is 0.127 e. The highest BCUT2D eigenvalue weighted by molar-refractivity contribution is 5.10. The van der Waals surface area contributed by atoms with E-state index in [1.165, 1.54) is 6.42 Å². The molecule has 1 fully saturated rings. The molecule has 0 aromatic heterocycles. The Morgan fingerprint density at radius 2 is 2.30 bits per heavy atom. The lowest BCUT2D eigenvalue weighted by Crippen LogP contribution is -2.37. The molecule has 10 heavy (non-hydrogen) atoms. The van der Waals surface area contributed by atoms with Crippen LogP contribution in [0.5, 0.6) is 0 Å². The van der Waals surface area contributed by atoms with E-state index in [9.17, 15) is 5.11 Å². The second-order valence-corrected chi connectivity index (χ2v) is 3.22. The Labute approximate surface area is 62.4 Å². The van der Waals surface area contributed by atoms with Crippen LogP contribution in [0.2, 0.25) is 0 Å². The molecule has 1 rings (SSSR count). The van der Waals surface area contributed by atoms with Crippen LogP contribution in [-0.4, -0.2) is 10.7 Å². The minimum atomic E-state index is -0.793. The van der Waals surface area contributed by atoms with Crippen LogP contribution in [-0.2, 0) is 0 Å². The van der Waals surface area contributed by atoms with E-state index in [0.29, 0.717) is 0 Å². The molecule has 0 radical (unpaired) electrons. The SMILES string of the molecule is C#C[C@@]1(O)CCCC[C@@H]1C. The van der Waals surface area contributed by atoms with Gasteiger partial charge < -0.3 is 5.11 Å². The zero-order chi connectivity index (χ0) is 7.61. The zero-order valence-corrected chi connectivity index (χ0v) is 6.43. The Bertz CT molecular complexity index is 157. The van der Waals surface area contributed by atoms with E-state index in [-0.39, 0.29) is 5.92 Å². The van der Waals surface area contributed by atoms with Crippen LogP contribution in [0.1, 0.15) is 32.6 Å². The van der Waals surface area contributed by atoms with Crippen LogP contribution < -0.4 is 0 Å². The second-order valence-electron chi connectivity index (χ2n) is 3.22. The molecule has 0 aromatic carbocycles. The van der Waals surface area contributed by atoms with E-state index < -0.39 is 5.60 Å². The van der Waals surface area contributed by atoms with E-state index >= 15 is 0 Å². The van der Waals surface area contributed by atoms with Gasteiger partial charge in [0.15, 0.2) is 0 Å². The summed E-state index contributed by atoms with van der Waals surface area (Å²) in [6.07, 6.45) is 9.37. The van der Waals surface area contributed by atoms with Crippen molar-refractivity contribution in [2.45, 2.75) is 38.2 Å². The van der Waals surface area contributed by atoms with E-state index in [4.69, 9.17) is 6.42 Å². The molecule has 1 saturated carbocycles. The van der Waals surface area contributed by atoms with Crippen molar-refractivity contribution in [3.63, 3.8) is 0 Å². The average molecular weight is 138 g/mol. The summed E-state index contributed by atoms with van der Waals surface area (Å²) >= 11 is 0. The predicted molar refractivity (Wildman–Crippen MR) is 41.4 cm³/mol. The monoisotopic (exact) mass is 138 g/mol. The van der Waals surface area contributed by atoms with Crippen molar-refractivity contribution in [2.24, 2.45) is 5.92 Å². The van der Waals surface area contributed by atoms with Gasteiger partial charge >= 0.3 is 0 Å². The molecule has 0 saturated heterocycles. The fourth-order valence-corrected chi connectivity index (χ4v) is 1.54. The van der Waals surface area contributed by atoms with Crippen molar-refractivity contribution < 1.29 is 5.11 Å². The third-order valence-electron chi connectivity index (χ3n) is 2.51. The van der Waals surface area contributed by atoms with Crippen LogP contribution >= 0.6 is 0 Å². The van der Waals surface area contributed by atoms with Gasteiger partial charge in [0.25, 0.3) is 0 Å². The molecule has 0 unspecified atom stereocenters. The first-order valence-corrected chi connectivity index (χ1v) is 3.89. The minimum absolute atomic E-state index is 0.284. The Kier molecular flexibility index (Phi) is 2.01. The van der Waals surface area contributed by atoms with E-state index in [1.807, 2.05) is 6.92 Å². The summed E-state index contributed by atoms with van der Waals surface area (Å²) in [5, 5.41) is 9.71. The number of hydrogen-bond donors (Lipinski definition) is 1. The van der Waals surface area contributed by atoms with Gasteiger partial charge in [0.1, 0.15) is 5.60 Å². The molecule has 0 bridgehead atoms. The van der Waals surface area contributed by atoms with E-state index in [2.05, 4.69) is 5.92 Å². The molecular weight excluding hydrogens is 124 g/mol. The Morgan fingerprint density at radius 3 is 2.70 bits per heavy atom. The van der Waals surface area contributed by atoms with Gasteiger partial charge in [-0.1, -0.05) is 19.3 Å². The predicted octanol–water partition coefficient (Wildman–Crippen LogP) is 1.56. The quantitative estimate of drug-likeness (QED) is 0.504. The van der Waals surface area contributed by atoms with Crippen molar-refractivity contribution in [2.75, 3.05) is 0 Å². The minimum Gasteiger partial charge on any atom is -0.377 e. The topological polar surface area (TPSA) is 20.2 Å². The van der Waals surface area contributed by atoms with Crippen molar-refractivity contribution in [3.05, 3.63) is 0 Å². The molecule has 1 aliphatic rings. The summed E-state index contributed by atoms with van der Waals surface area (Å²) in [4.78, 5) is 0. The number of aliphatic hydroxyl groups is 1. The lowest BCUT2D eigenvalue weighted by atomic mass is 9.77. The van der Waals surface area contributed by atoms with Gasteiger partial charge in [0, 0.05) is 0 Å². The van der Waals surface area contributed by atoms with Gasteiger partial charge in [-0.2, -0.15) is 0 Å². The van der Waals surface area contributed by atoms with Crippen molar-refractivity contribution in [3.8, 4) is 12.3 Å².